The molecule has 1 atom stereocenters. The summed E-state index contributed by atoms with van der Waals surface area (Å²) in [5.41, 5.74) is 0.781. The summed E-state index contributed by atoms with van der Waals surface area (Å²) in [5, 5.41) is 11.3. The van der Waals surface area contributed by atoms with E-state index in [1.807, 2.05) is 36.4 Å². The van der Waals surface area contributed by atoms with Crippen LogP contribution in [0.2, 0.25) is 0 Å². The van der Waals surface area contributed by atoms with Gasteiger partial charge >= 0.3 is 0 Å². The van der Waals surface area contributed by atoms with E-state index in [0.717, 1.165) is 24.1 Å². The van der Waals surface area contributed by atoms with Gasteiger partial charge in [0.1, 0.15) is 17.4 Å². The average molecular weight is 402 g/mol. The van der Waals surface area contributed by atoms with Gasteiger partial charge < -0.3 is 9.52 Å². The minimum absolute atomic E-state index is 0.563. The molecule has 2 aromatic heterocycles. The molecule has 0 aliphatic heterocycles. The third-order valence-corrected chi connectivity index (χ3v) is 5.14. The van der Waals surface area contributed by atoms with E-state index in [-0.39, 0.29) is 0 Å². The highest BCUT2D eigenvalue weighted by atomic mass is 79.9. The Morgan fingerprint density at radius 2 is 2.05 bits per heavy atom. The minimum atomic E-state index is -0.621. The van der Waals surface area contributed by atoms with E-state index < -0.39 is 6.10 Å². The van der Waals surface area contributed by atoms with Crippen molar-refractivity contribution in [2.75, 3.05) is 0 Å². The molecule has 0 amide bonds. The second-order valence-electron chi connectivity index (χ2n) is 4.23. The highest BCUT2D eigenvalue weighted by Gasteiger charge is 2.16. The lowest BCUT2D eigenvalue weighted by molar-refractivity contribution is 0.153. The summed E-state index contributed by atoms with van der Waals surface area (Å²) in [6.07, 6.45) is -0.0573. The molecule has 5 heteroatoms. The van der Waals surface area contributed by atoms with Crippen LogP contribution in [-0.4, -0.2) is 5.11 Å². The lowest BCUT2D eigenvalue weighted by Gasteiger charge is -2.05. The van der Waals surface area contributed by atoms with E-state index in [9.17, 15) is 5.11 Å². The SMILES string of the molecule is OC(Cc1ccc(Br)s1)c1cc2cccc(Br)c2o1. The highest BCUT2D eigenvalue weighted by molar-refractivity contribution is 9.11. The topological polar surface area (TPSA) is 33.4 Å². The molecule has 1 N–H and O–H groups in total. The monoisotopic (exact) mass is 400 g/mol. The van der Waals surface area contributed by atoms with Gasteiger partial charge in [0.15, 0.2) is 0 Å². The Balaban J connectivity index is 1.89. The van der Waals surface area contributed by atoms with Crippen molar-refractivity contribution >= 4 is 54.2 Å². The number of rotatable bonds is 3. The number of hydrogen-bond acceptors (Lipinski definition) is 3. The molecule has 0 spiro atoms. The smallest absolute Gasteiger partial charge is 0.148 e. The second kappa shape index (κ2) is 5.40. The number of furan rings is 1. The zero-order valence-corrected chi connectivity index (χ0v) is 13.8. The van der Waals surface area contributed by atoms with Crippen LogP contribution in [-0.2, 0) is 6.42 Å². The average Bonchev–Trinajstić information content (AvgIpc) is 2.96. The first kappa shape index (κ1) is 13.4. The number of halogens is 2. The van der Waals surface area contributed by atoms with Gasteiger partial charge in [0.05, 0.1) is 8.26 Å². The maximum atomic E-state index is 10.3. The molecule has 0 aliphatic rings. The first-order valence-corrected chi connectivity index (χ1v) is 8.14. The lowest BCUT2D eigenvalue weighted by Crippen LogP contribution is -1.98. The number of aliphatic hydroxyl groups excluding tert-OH is 1. The number of para-hydroxylation sites is 1. The first-order chi connectivity index (χ1) is 9.13. The molecule has 3 aromatic rings. The highest BCUT2D eigenvalue weighted by Crippen LogP contribution is 2.32. The number of fused-ring (bicyclic) bond motifs is 1. The maximum Gasteiger partial charge on any atom is 0.148 e. The summed E-state index contributed by atoms with van der Waals surface area (Å²) in [6.45, 7) is 0. The van der Waals surface area contributed by atoms with Crippen LogP contribution in [0.4, 0.5) is 0 Å². The van der Waals surface area contributed by atoms with Crippen molar-refractivity contribution in [1.29, 1.82) is 0 Å². The molecule has 1 unspecified atom stereocenters. The zero-order chi connectivity index (χ0) is 13.4. The fourth-order valence-corrected chi connectivity index (χ4v) is 3.95. The Labute approximate surface area is 131 Å². The Bertz CT molecular complexity index is 717. The third-order valence-electron chi connectivity index (χ3n) is 2.87. The minimum Gasteiger partial charge on any atom is -0.457 e. The fourth-order valence-electron chi connectivity index (χ4n) is 1.96. The summed E-state index contributed by atoms with van der Waals surface area (Å²) in [6, 6.07) is 11.8. The number of hydrogen-bond donors (Lipinski definition) is 1. The van der Waals surface area contributed by atoms with Crippen molar-refractivity contribution < 1.29 is 9.52 Å². The Morgan fingerprint density at radius 3 is 2.74 bits per heavy atom. The van der Waals surface area contributed by atoms with E-state index in [1.165, 1.54) is 0 Å². The first-order valence-electron chi connectivity index (χ1n) is 5.74. The van der Waals surface area contributed by atoms with Gasteiger partial charge in [0.25, 0.3) is 0 Å². The number of aliphatic hydroxyl groups is 1. The molecule has 3 rings (SSSR count). The van der Waals surface area contributed by atoms with Crippen LogP contribution in [0.15, 0.2) is 49.1 Å². The van der Waals surface area contributed by atoms with Gasteiger partial charge in [-0.3, -0.25) is 0 Å². The second-order valence-corrected chi connectivity index (χ2v) is 7.63. The molecule has 0 fully saturated rings. The Hall–Kier alpha value is -0.620. The molecule has 2 heterocycles. The van der Waals surface area contributed by atoms with Gasteiger partial charge in [-0.25, -0.2) is 0 Å². The Morgan fingerprint density at radius 1 is 1.21 bits per heavy atom. The van der Waals surface area contributed by atoms with Gasteiger partial charge in [-0.15, -0.1) is 11.3 Å². The van der Waals surface area contributed by atoms with E-state index in [0.29, 0.717) is 12.2 Å². The molecule has 0 saturated carbocycles. The summed E-state index contributed by atoms with van der Waals surface area (Å²) in [4.78, 5) is 1.12. The molecular formula is C14H10Br2O2S. The molecule has 2 nitrogen and oxygen atoms in total. The standard InChI is InChI=1S/C14H10Br2O2S/c15-10-3-1-2-8-6-12(18-14(8)10)11(17)7-9-4-5-13(16)19-9/h1-6,11,17H,7H2. The summed E-state index contributed by atoms with van der Waals surface area (Å²) in [7, 11) is 0. The molecule has 0 aliphatic carbocycles. The van der Waals surface area contributed by atoms with Crippen LogP contribution in [0.25, 0.3) is 11.0 Å². The molecule has 0 radical (unpaired) electrons. The summed E-state index contributed by atoms with van der Waals surface area (Å²) in [5.74, 6) is 0.603. The normalized spacial score (nSPS) is 13.0. The molecule has 1 aromatic carbocycles. The van der Waals surface area contributed by atoms with Gasteiger partial charge in [0.2, 0.25) is 0 Å². The summed E-state index contributed by atoms with van der Waals surface area (Å²) >= 11 is 8.50. The van der Waals surface area contributed by atoms with Crippen molar-refractivity contribution in [3.8, 4) is 0 Å². The van der Waals surface area contributed by atoms with Crippen LogP contribution in [0, 0.1) is 0 Å². The summed E-state index contributed by atoms with van der Waals surface area (Å²) < 4.78 is 7.71. The predicted molar refractivity (Wildman–Crippen MR) is 84.6 cm³/mol. The van der Waals surface area contributed by atoms with Crippen LogP contribution < -0.4 is 0 Å². The van der Waals surface area contributed by atoms with Gasteiger partial charge in [-0.1, -0.05) is 12.1 Å². The van der Waals surface area contributed by atoms with Crippen LogP contribution in [0.1, 0.15) is 16.7 Å². The van der Waals surface area contributed by atoms with Crippen LogP contribution in [0.3, 0.4) is 0 Å². The number of benzene rings is 1. The van der Waals surface area contributed by atoms with E-state index in [4.69, 9.17) is 4.42 Å². The van der Waals surface area contributed by atoms with Crippen LogP contribution >= 0.6 is 43.2 Å². The Kier molecular flexibility index (Phi) is 3.80. The number of thiophene rings is 1. The van der Waals surface area contributed by atoms with Crippen LogP contribution in [0.5, 0.6) is 0 Å². The van der Waals surface area contributed by atoms with E-state index in [1.54, 1.807) is 11.3 Å². The predicted octanol–water partition coefficient (Wildman–Crippen LogP) is 5.30. The van der Waals surface area contributed by atoms with Gasteiger partial charge in [0, 0.05) is 16.7 Å². The maximum absolute atomic E-state index is 10.3. The largest absolute Gasteiger partial charge is 0.457 e. The van der Waals surface area contributed by atoms with Crippen molar-refractivity contribution in [3.63, 3.8) is 0 Å². The van der Waals surface area contributed by atoms with Gasteiger partial charge in [-0.2, -0.15) is 0 Å². The molecule has 19 heavy (non-hydrogen) atoms. The van der Waals surface area contributed by atoms with Crippen molar-refractivity contribution in [2.24, 2.45) is 0 Å². The molecule has 0 bridgehead atoms. The van der Waals surface area contributed by atoms with E-state index >= 15 is 0 Å². The van der Waals surface area contributed by atoms with Crippen molar-refractivity contribution in [3.05, 3.63) is 55.3 Å². The quantitative estimate of drug-likeness (QED) is 0.646. The zero-order valence-electron chi connectivity index (χ0n) is 9.77. The molecular weight excluding hydrogens is 392 g/mol. The fraction of sp³-hybridized carbons (Fsp3) is 0.143. The molecule has 98 valence electrons. The van der Waals surface area contributed by atoms with E-state index in [2.05, 4.69) is 31.9 Å². The molecule has 0 saturated heterocycles. The third kappa shape index (κ3) is 2.79. The van der Waals surface area contributed by atoms with Crippen molar-refractivity contribution in [1.82, 2.24) is 0 Å². The van der Waals surface area contributed by atoms with Gasteiger partial charge in [-0.05, 0) is 56.1 Å². The lowest BCUT2D eigenvalue weighted by atomic mass is 10.1. The van der Waals surface area contributed by atoms with Crippen molar-refractivity contribution in [2.45, 2.75) is 12.5 Å².